The highest BCUT2D eigenvalue weighted by Gasteiger charge is 2.10. The number of hydrogen-bond donors (Lipinski definition) is 1. The summed E-state index contributed by atoms with van der Waals surface area (Å²) in [6.07, 6.45) is 0.982. The number of esters is 1. The Balaban J connectivity index is 2.57. The molecule has 0 atom stereocenters. The lowest BCUT2D eigenvalue weighted by atomic mass is 10.3. The second-order valence-electron chi connectivity index (χ2n) is 3.80. The van der Waals surface area contributed by atoms with Crippen molar-refractivity contribution in [2.24, 2.45) is 0 Å². The molecule has 0 saturated heterocycles. The van der Waals surface area contributed by atoms with Gasteiger partial charge in [0.2, 0.25) is 0 Å². The maximum absolute atomic E-state index is 11.6. The van der Waals surface area contributed by atoms with Crippen molar-refractivity contribution in [3.8, 4) is 5.75 Å². The summed E-state index contributed by atoms with van der Waals surface area (Å²) in [6, 6.07) is 4.85. The van der Waals surface area contributed by atoms with Crippen LogP contribution in [0.25, 0.3) is 0 Å². The lowest BCUT2D eigenvalue weighted by Crippen LogP contribution is -2.21. The standard InChI is InChI=1S/C13H16ClNO4/c1-3-4-13(17)19-8-12(16)15-10-7-9(14)5-6-11(10)18-2/h5-7H,3-4,8H2,1-2H3,(H,15,16). The number of anilines is 1. The third kappa shape index (κ3) is 5.18. The number of methoxy groups -OCH3 is 1. The lowest BCUT2D eigenvalue weighted by molar-refractivity contribution is -0.147. The van der Waals surface area contributed by atoms with Gasteiger partial charge >= 0.3 is 5.97 Å². The van der Waals surface area contributed by atoms with Gasteiger partial charge in [0.15, 0.2) is 6.61 Å². The number of nitrogens with one attached hydrogen (secondary N) is 1. The molecule has 0 aliphatic rings. The molecule has 104 valence electrons. The highest BCUT2D eigenvalue weighted by molar-refractivity contribution is 6.31. The first-order chi connectivity index (χ1) is 9.06. The molecule has 1 aromatic carbocycles. The monoisotopic (exact) mass is 285 g/mol. The van der Waals surface area contributed by atoms with Gasteiger partial charge in [-0.15, -0.1) is 0 Å². The number of carbonyl (C=O) groups excluding carboxylic acids is 2. The van der Waals surface area contributed by atoms with Crippen LogP contribution in [0.4, 0.5) is 5.69 Å². The molecule has 1 N–H and O–H groups in total. The predicted molar refractivity (Wildman–Crippen MR) is 72.5 cm³/mol. The van der Waals surface area contributed by atoms with Gasteiger partial charge in [-0.3, -0.25) is 9.59 Å². The van der Waals surface area contributed by atoms with E-state index in [0.29, 0.717) is 29.3 Å². The van der Waals surface area contributed by atoms with Crippen molar-refractivity contribution in [3.05, 3.63) is 23.2 Å². The highest BCUT2D eigenvalue weighted by Crippen LogP contribution is 2.27. The Morgan fingerprint density at radius 3 is 2.74 bits per heavy atom. The number of ether oxygens (including phenoxy) is 2. The number of rotatable bonds is 6. The zero-order valence-corrected chi connectivity index (χ0v) is 11.6. The van der Waals surface area contributed by atoms with Crippen molar-refractivity contribution < 1.29 is 19.1 Å². The lowest BCUT2D eigenvalue weighted by Gasteiger charge is -2.10. The molecule has 5 nitrogen and oxygen atoms in total. The van der Waals surface area contributed by atoms with Gasteiger partial charge in [0.05, 0.1) is 12.8 Å². The predicted octanol–water partition coefficient (Wildman–Crippen LogP) is 2.63. The van der Waals surface area contributed by atoms with E-state index in [9.17, 15) is 9.59 Å². The summed E-state index contributed by atoms with van der Waals surface area (Å²) >= 11 is 5.83. The average molecular weight is 286 g/mol. The van der Waals surface area contributed by atoms with Gasteiger partial charge in [0, 0.05) is 11.4 Å². The normalized spacial score (nSPS) is 9.84. The van der Waals surface area contributed by atoms with Gasteiger partial charge in [-0.05, 0) is 24.6 Å². The third-order valence-electron chi connectivity index (χ3n) is 2.25. The summed E-state index contributed by atoms with van der Waals surface area (Å²) in [5, 5.41) is 3.05. The van der Waals surface area contributed by atoms with Crippen molar-refractivity contribution >= 4 is 29.2 Å². The molecule has 0 heterocycles. The van der Waals surface area contributed by atoms with Crippen LogP contribution >= 0.6 is 11.6 Å². The van der Waals surface area contributed by atoms with Crippen LogP contribution in [0.1, 0.15) is 19.8 Å². The Bertz CT molecular complexity index is 462. The Kier molecular flexibility index (Phi) is 6.15. The number of halogens is 1. The maximum Gasteiger partial charge on any atom is 0.306 e. The Morgan fingerprint density at radius 1 is 1.37 bits per heavy atom. The van der Waals surface area contributed by atoms with Crippen molar-refractivity contribution in [1.82, 2.24) is 0 Å². The molecule has 0 aliphatic heterocycles. The van der Waals surface area contributed by atoms with Crippen LogP contribution in [0.5, 0.6) is 5.75 Å². The molecule has 0 aliphatic carbocycles. The van der Waals surface area contributed by atoms with Crippen molar-refractivity contribution in [3.63, 3.8) is 0 Å². The minimum absolute atomic E-state index is 0.299. The first-order valence-electron chi connectivity index (χ1n) is 5.85. The van der Waals surface area contributed by atoms with E-state index in [2.05, 4.69) is 5.32 Å². The van der Waals surface area contributed by atoms with E-state index < -0.39 is 11.9 Å². The van der Waals surface area contributed by atoms with Crippen LogP contribution in [-0.4, -0.2) is 25.6 Å². The molecule has 1 rings (SSSR count). The molecule has 1 amide bonds. The van der Waals surface area contributed by atoms with E-state index >= 15 is 0 Å². The molecule has 6 heteroatoms. The number of amides is 1. The molecule has 0 aromatic heterocycles. The summed E-state index contributed by atoms with van der Waals surface area (Å²) in [6.45, 7) is 1.53. The molecule has 0 spiro atoms. The zero-order valence-electron chi connectivity index (χ0n) is 10.9. The Hall–Kier alpha value is -1.75. The van der Waals surface area contributed by atoms with Gasteiger partial charge in [0.25, 0.3) is 5.91 Å². The number of carbonyl (C=O) groups is 2. The highest BCUT2D eigenvalue weighted by atomic mass is 35.5. The molecular formula is C13H16ClNO4. The summed E-state index contributed by atoms with van der Waals surface area (Å²) in [5.41, 5.74) is 0.437. The Morgan fingerprint density at radius 2 is 2.11 bits per heavy atom. The third-order valence-corrected chi connectivity index (χ3v) is 2.49. The minimum Gasteiger partial charge on any atom is -0.495 e. The van der Waals surface area contributed by atoms with Gasteiger partial charge in [-0.2, -0.15) is 0 Å². The summed E-state index contributed by atoms with van der Waals surface area (Å²) in [4.78, 5) is 22.7. The molecule has 0 fully saturated rings. The fourth-order valence-corrected chi connectivity index (χ4v) is 1.56. The summed E-state index contributed by atoms with van der Waals surface area (Å²) < 4.78 is 9.88. The molecular weight excluding hydrogens is 270 g/mol. The smallest absolute Gasteiger partial charge is 0.306 e. The SMILES string of the molecule is CCCC(=O)OCC(=O)Nc1cc(Cl)ccc1OC. The van der Waals surface area contributed by atoms with Crippen LogP contribution in [0.3, 0.4) is 0 Å². The molecule has 0 unspecified atom stereocenters. The number of hydrogen-bond acceptors (Lipinski definition) is 4. The largest absolute Gasteiger partial charge is 0.495 e. The van der Waals surface area contributed by atoms with Crippen LogP contribution in [0.2, 0.25) is 5.02 Å². The Labute approximate surface area is 116 Å². The van der Waals surface area contributed by atoms with E-state index in [1.54, 1.807) is 18.2 Å². The van der Waals surface area contributed by atoms with E-state index in [1.165, 1.54) is 7.11 Å². The maximum atomic E-state index is 11.6. The average Bonchev–Trinajstić information content (AvgIpc) is 2.37. The second-order valence-corrected chi connectivity index (χ2v) is 4.24. The molecule has 0 bridgehead atoms. The van der Waals surface area contributed by atoms with Crippen LogP contribution < -0.4 is 10.1 Å². The van der Waals surface area contributed by atoms with Crippen molar-refractivity contribution in [2.75, 3.05) is 19.0 Å². The fraction of sp³-hybridized carbons (Fsp3) is 0.385. The fourth-order valence-electron chi connectivity index (χ4n) is 1.39. The molecule has 0 radical (unpaired) electrons. The van der Waals surface area contributed by atoms with Gasteiger partial charge < -0.3 is 14.8 Å². The first kappa shape index (κ1) is 15.3. The quantitative estimate of drug-likeness (QED) is 0.816. The zero-order chi connectivity index (χ0) is 14.3. The van der Waals surface area contributed by atoms with Crippen LogP contribution in [0, 0.1) is 0 Å². The van der Waals surface area contributed by atoms with Crippen LogP contribution in [0.15, 0.2) is 18.2 Å². The van der Waals surface area contributed by atoms with Crippen LogP contribution in [-0.2, 0) is 14.3 Å². The van der Waals surface area contributed by atoms with Gasteiger partial charge in [-0.25, -0.2) is 0 Å². The van der Waals surface area contributed by atoms with E-state index in [-0.39, 0.29) is 6.61 Å². The van der Waals surface area contributed by atoms with E-state index in [4.69, 9.17) is 21.1 Å². The number of benzene rings is 1. The van der Waals surface area contributed by atoms with Gasteiger partial charge in [-0.1, -0.05) is 18.5 Å². The van der Waals surface area contributed by atoms with Crippen molar-refractivity contribution in [2.45, 2.75) is 19.8 Å². The molecule has 0 saturated carbocycles. The van der Waals surface area contributed by atoms with Gasteiger partial charge in [0.1, 0.15) is 5.75 Å². The second kappa shape index (κ2) is 7.63. The molecule has 1 aromatic rings. The van der Waals surface area contributed by atoms with E-state index in [0.717, 1.165) is 0 Å². The summed E-state index contributed by atoms with van der Waals surface area (Å²) in [5.74, 6) is -0.349. The molecule has 19 heavy (non-hydrogen) atoms. The first-order valence-corrected chi connectivity index (χ1v) is 6.23. The van der Waals surface area contributed by atoms with Crippen molar-refractivity contribution in [1.29, 1.82) is 0 Å². The minimum atomic E-state index is -0.440. The van der Waals surface area contributed by atoms with E-state index in [1.807, 2.05) is 6.92 Å². The summed E-state index contributed by atoms with van der Waals surface area (Å²) in [7, 11) is 1.49. The topological polar surface area (TPSA) is 64.6 Å².